The monoisotopic (exact) mass is 277 g/mol. The standard InChI is InChI=1S/C14H16FN3O2/c1-8(2)16-13(19)11-6-4-10(5-7-11)12-17-14(9(3)15)20-18-12/h4-9H,1-3H3,(H,16,19). The number of halogens is 1. The lowest BCUT2D eigenvalue weighted by atomic mass is 10.1. The van der Waals surface area contributed by atoms with Crippen LogP contribution in [0.3, 0.4) is 0 Å². The van der Waals surface area contributed by atoms with Gasteiger partial charge in [-0.2, -0.15) is 4.98 Å². The Hall–Kier alpha value is -2.24. The number of amides is 1. The molecule has 0 spiro atoms. The summed E-state index contributed by atoms with van der Waals surface area (Å²) in [7, 11) is 0. The normalized spacial score (nSPS) is 12.4. The van der Waals surface area contributed by atoms with Crippen molar-refractivity contribution in [2.45, 2.75) is 33.0 Å². The fourth-order valence-corrected chi connectivity index (χ4v) is 1.63. The van der Waals surface area contributed by atoms with E-state index in [-0.39, 0.29) is 17.8 Å². The zero-order chi connectivity index (χ0) is 14.7. The molecule has 0 saturated heterocycles. The van der Waals surface area contributed by atoms with Crippen LogP contribution < -0.4 is 5.32 Å². The summed E-state index contributed by atoms with van der Waals surface area (Å²) in [6.45, 7) is 5.12. The van der Waals surface area contributed by atoms with E-state index >= 15 is 0 Å². The minimum absolute atomic E-state index is 0.0540. The van der Waals surface area contributed by atoms with E-state index in [2.05, 4.69) is 15.5 Å². The van der Waals surface area contributed by atoms with E-state index in [1.165, 1.54) is 6.92 Å². The van der Waals surface area contributed by atoms with Gasteiger partial charge in [0.15, 0.2) is 6.17 Å². The zero-order valence-corrected chi connectivity index (χ0v) is 11.6. The second-order valence-electron chi connectivity index (χ2n) is 4.78. The third-order valence-corrected chi connectivity index (χ3v) is 2.61. The molecule has 1 atom stereocenters. The van der Waals surface area contributed by atoms with Gasteiger partial charge in [-0.3, -0.25) is 4.79 Å². The summed E-state index contributed by atoms with van der Waals surface area (Å²) in [5, 5.41) is 6.50. The number of rotatable bonds is 4. The highest BCUT2D eigenvalue weighted by atomic mass is 19.1. The van der Waals surface area contributed by atoms with Crippen molar-refractivity contribution in [3.8, 4) is 11.4 Å². The fraction of sp³-hybridized carbons (Fsp3) is 0.357. The smallest absolute Gasteiger partial charge is 0.261 e. The number of carbonyl (C=O) groups is 1. The second-order valence-corrected chi connectivity index (χ2v) is 4.78. The minimum atomic E-state index is -1.30. The number of carbonyl (C=O) groups excluding carboxylic acids is 1. The van der Waals surface area contributed by atoms with Gasteiger partial charge in [0.25, 0.3) is 11.8 Å². The van der Waals surface area contributed by atoms with E-state index in [0.717, 1.165) is 0 Å². The number of nitrogens with one attached hydrogen (secondary N) is 1. The van der Waals surface area contributed by atoms with Crippen molar-refractivity contribution < 1.29 is 13.7 Å². The van der Waals surface area contributed by atoms with E-state index in [4.69, 9.17) is 4.52 Å². The van der Waals surface area contributed by atoms with Gasteiger partial charge in [-0.1, -0.05) is 17.3 Å². The fourth-order valence-electron chi connectivity index (χ4n) is 1.63. The van der Waals surface area contributed by atoms with Crippen LogP contribution in [0.4, 0.5) is 4.39 Å². The van der Waals surface area contributed by atoms with Gasteiger partial charge < -0.3 is 9.84 Å². The number of alkyl halides is 1. The maximum Gasteiger partial charge on any atom is 0.261 e. The maximum atomic E-state index is 13.0. The molecule has 1 heterocycles. The topological polar surface area (TPSA) is 68.0 Å². The van der Waals surface area contributed by atoms with Crippen molar-refractivity contribution in [3.05, 3.63) is 35.7 Å². The Morgan fingerprint density at radius 3 is 2.40 bits per heavy atom. The van der Waals surface area contributed by atoms with Crippen LogP contribution in [0, 0.1) is 0 Å². The van der Waals surface area contributed by atoms with E-state index in [1.54, 1.807) is 24.3 Å². The summed E-state index contributed by atoms with van der Waals surface area (Å²) in [5.74, 6) is 0.111. The highest BCUT2D eigenvalue weighted by Crippen LogP contribution is 2.20. The van der Waals surface area contributed by atoms with Crippen molar-refractivity contribution in [1.29, 1.82) is 0 Å². The largest absolute Gasteiger partial charge is 0.350 e. The number of benzene rings is 1. The third kappa shape index (κ3) is 3.20. The van der Waals surface area contributed by atoms with Gasteiger partial charge in [-0.25, -0.2) is 4.39 Å². The second kappa shape index (κ2) is 5.81. The van der Waals surface area contributed by atoms with Gasteiger partial charge in [0.05, 0.1) is 0 Å². The Kier molecular flexibility index (Phi) is 4.12. The van der Waals surface area contributed by atoms with Crippen molar-refractivity contribution in [2.24, 2.45) is 0 Å². The first-order valence-corrected chi connectivity index (χ1v) is 6.36. The van der Waals surface area contributed by atoms with Gasteiger partial charge in [-0.05, 0) is 32.9 Å². The summed E-state index contributed by atoms with van der Waals surface area (Å²) in [5.41, 5.74) is 1.21. The number of aromatic nitrogens is 2. The van der Waals surface area contributed by atoms with Crippen LogP contribution in [0.5, 0.6) is 0 Å². The van der Waals surface area contributed by atoms with Crippen LogP contribution in [0.25, 0.3) is 11.4 Å². The minimum Gasteiger partial charge on any atom is -0.350 e. The molecule has 1 amide bonds. The first-order chi connectivity index (χ1) is 9.47. The molecule has 20 heavy (non-hydrogen) atoms. The number of hydrogen-bond donors (Lipinski definition) is 1. The molecule has 0 aliphatic carbocycles. The number of nitrogens with zero attached hydrogens (tertiary/aromatic N) is 2. The maximum absolute atomic E-state index is 13.0. The third-order valence-electron chi connectivity index (χ3n) is 2.61. The molecule has 1 aromatic carbocycles. The van der Waals surface area contributed by atoms with Crippen LogP contribution in [0.15, 0.2) is 28.8 Å². The van der Waals surface area contributed by atoms with Crippen LogP contribution in [0.2, 0.25) is 0 Å². The van der Waals surface area contributed by atoms with Crippen LogP contribution >= 0.6 is 0 Å². The zero-order valence-electron chi connectivity index (χ0n) is 11.6. The van der Waals surface area contributed by atoms with Crippen LogP contribution in [-0.2, 0) is 0 Å². The summed E-state index contributed by atoms with van der Waals surface area (Å²) in [4.78, 5) is 15.7. The summed E-state index contributed by atoms with van der Waals surface area (Å²) < 4.78 is 17.8. The quantitative estimate of drug-likeness (QED) is 0.933. The van der Waals surface area contributed by atoms with Gasteiger partial charge in [0.1, 0.15) is 0 Å². The molecular formula is C14H16FN3O2. The lowest BCUT2D eigenvalue weighted by Crippen LogP contribution is -2.29. The van der Waals surface area contributed by atoms with Gasteiger partial charge in [-0.15, -0.1) is 0 Å². The Morgan fingerprint density at radius 2 is 1.90 bits per heavy atom. The first-order valence-electron chi connectivity index (χ1n) is 6.36. The molecule has 5 nitrogen and oxygen atoms in total. The first kappa shape index (κ1) is 14.2. The van der Waals surface area contributed by atoms with E-state index < -0.39 is 6.17 Å². The van der Waals surface area contributed by atoms with Crippen molar-refractivity contribution >= 4 is 5.91 Å². The molecule has 1 aromatic heterocycles. The predicted molar refractivity (Wildman–Crippen MR) is 71.9 cm³/mol. The molecule has 0 fully saturated rings. The van der Waals surface area contributed by atoms with E-state index in [0.29, 0.717) is 17.0 Å². The van der Waals surface area contributed by atoms with Crippen molar-refractivity contribution in [1.82, 2.24) is 15.5 Å². The lowest BCUT2D eigenvalue weighted by molar-refractivity contribution is 0.0943. The highest BCUT2D eigenvalue weighted by molar-refractivity contribution is 5.94. The molecule has 2 rings (SSSR count). The molecule has 2 aromatic rings. The summed E-state index contributed by atoms with van der Waals surface area (Å²) >= 11 is 0. The molecule has 1 N–H and O–H groups in total. The predicted octanol–water partition coefficient (Wildman–Crippen LogP) is 2.91. The number of hydrogen-bond acceptors (Lipinski definition) is 4. The average Bonchev–Trinajstić information content (AvgIpc) is 2.88. The van der Waals surface area contributed by atoms with Crippen molar-refractivity contribution in [3.63, 3.8) is 0 Å². The SMILES string of the molecule is CC(C)NC(=O)c1ccc(-c2noc(C(C)F)n2)cc1. The summed E-state index contributed by atoms with van der Waals surface area (Å²) in [6.07, 6.45) is -1.30. The molecule has 1 unspecified atom stereocenters. The molecule has 0 saturated carbocycles. The molecule has 0 aliphatic rings. The van der Waals surface area contributed by atoms with Crippen LogP contribution in [-0.4, -0.2) is 22.1 Å². The molecular weight excluding hydrogens is 261 g/mol. The van der Waals surface area contributed by atoms with Gasteiger partial charge >= 0.3 is 0 Å². The molecule has 0 radical (unpaired) electrons. The molecule has 6 heteroatoms. The Labute approximate surface area is 116 Å². The van der Waals surface area contributed by atoms with Gasteiger partial charge in [0, 0.05) is 17.2 Å². The van der Waals surface area contributed by atoms with E-state index in [1.807, 2.05) is 13.8 Å². The molecule has 106 valence electrons. The van der Waals surface area contributed by atoms with E-state index in [9.17, 15) is 9.18 Å². The lowest BCUT2D eigenvalue weighted by Gasteiger charge is -2.08. The van der Waals surface area contributed by atoms with Crippen molar-refractivity contribution in [2.75, 3.05) is 0 Å². The summed E-state index contributed by atoms with van der Waals surface area (Å²) in [6, 6.07) is 6.82. The van der Waals surface area contributed by atoms with Gasteiger partial charge in [0.2, 0.25) is 5.82 Å². The Morgan fingerprint density at radius 1 is 1.25 bits per heavy atom. The Bertz CT molecular complexity index is 591. The Balaban J connectivity index is 2.17. The molecule has 0 bridgehead atoms. The highest BCUT2D eigenvalue weighted by Gasteiger charge is 2.14. The molecule has 0 aliphatic heterocycles. The average molecular weight is 277 g/mol. The van der Waals surface area contributed by atoms with Crippen LogP contribution in [0.1, 0.15) is 43.2 Å².